The lowest BCUT2D eigenvalue weighted by molar-refractivity contribution is -0.120. The molecule has 0 aliphatic rings. The molecule has 3 rings (SSSR count). The van der Waals surface area contributed by atoms with Crippen LogP contribution in [0.5, 0.6) is 0 Å². The predicted octanol–water partition coefficient (Wildman–Crippen LogP) is 3.79. The van der Waals surface area contributed by atoms with Crippen molar-refractivity contribution < 1.29 is 4.79 Å². The molecule has 5 heteroatoms. The number of carbonyl (C=O) groups is 1. The van der Waals surface area contributed by atoms with Crippen molar-refractivity contribution in [1.82, 2.24) is 15.3 Å². The van der Waals surface area contributed by atoms with Crippen LogP contribution >= 0.6 is 11.8 Å². The zero-order valence-electron chi connectivity index (χ0n) is 13.5. The van der Waals surface area contributed by atoms with Crippen LogP contribution in [0.15, 0.2) is 59.5 Å². The van der Waals surface area contributed by atoms with Gasteiger partial charge in [0.15, 0.2) is 0 Å². The maximum Gasteiger partial charge on any atom is 0.220 e. The van der Waals surface area contributed by atoms with Crippen LogP contribution in [-0.4, -0.2) is 28.2 Å². The van der Waals surface area contributed by atoms with Gasteiger partial charge in [0, 0.05) is 30.0 Å². The van der Waals surface area contributed by atoms with Crippen molar-refractivity contribution in [2.75, 3.05) is 12.3 Å². The van der Waals surface area contributed by atoms with Crippen molar-refractivity contribution in [3.63, 3.8) is 0 Å². The summed E-state index contributed by atoms with van der Waals surface area (Å²) in [7, 11) is 0. The van der Waals surface area contributed by atoms with Crippen LogP contribution in [0.25, 0.3) is 11.0 Å². The number of hydrogen-bond acceptors (Lipinski definition) is 3. The maximum absolute atomic E-state index is 11.8. The zero-order valence-corrected chi connectivity index (χ0v) is 14.3. The third-order valence-corrected chi connectivity index (χ3v) is 4.71. The number of aromatic nitrogens is 2. The van der Waals surface area contributed by atoms with E-state index in [4.69, 9.17) is 0 Å². The number of para-hydroxylation sites is 2. The van der Waals surface area contributed by atoms with Crippen LogP contribution in [0.3, 0.4) is 0 Å². The number of hydrogen-bond donors (Lipinski definition) is 2. The van der Waals surface area contributed by atoms with E-state index in [1.54, 1.807) is 11.8 Å². The number of H-pyrrole nitrogens is 1. The third-order valence-electron chi connectivity index (χ3n) is 3.69. The molecule has 0 saturated carbocycles. The van der Waals surface area contributed by atoms with Crippen LogP contribution in [0.1, 0.15) is 18.7 Å². The fourth-order valence-corrected chi connectivity index (χ4v) is 3.35. The summed E-state index contributed by atoms with van der Waals surface area (Å²) in [6, 6.07) is 18.2. The molecule has 1 amide bonds. The molecule has 0 unspecified atom stereocenters. The van der Waals surface area contributed by atoms with Gasteiger partial charge in [-0.05, 0) is 30.7 Å². The lowest BCUT2D eigenvalue weighted by atomic mass is 10.3. The lowest BCUT2D eigenvalue weighted by Crippen LogP contribution is -2.25. The Balaban J connectivity index is 1.32. The fourth-order valence-electron chi connectivity index (χ4n) is 2.47. The average Bonchev–Trinajstić information content (AvgIpc) is 3.02. The number of rotatable bonds is 8. The molecule has 24 heavy (non-hydrogen) atoms. The SMILES string of the molecule is O=C(CCSc1ccccc1)NCCCc1nc2ccccc2[nH]1. The predicted molar refractivity (Wildman–Crippen MR) is 99.2 cm³/mol. The first kappa shape index (κ1) is 16.6. The van der Waals surface area contributed by atoms with E-state index < -0.39 is 0 Å². The molecular formula is C19H21N3OS. The third kappa shape index (κ3) is 4.86. The van der Waals surface area contributed by atoms with Gasteiger partial charge >= 0.3 is 0 Å². The van der Waals surface area contributed by atoms with E-state index in [9.17, 15) is 4.79 Å². The Morgan fingerprint density at radius 2 is 1.88 bits per heavy atom. The summed E-state index contributed by atoms with van der Waals surface area (Å²) >= 11 is 1.71. The van der Waals surface area contributed by atoms with Gasteiger partial charge in [0.25, 0.3) is 0 Å². The Labute approximate surface area is 146 Å². The highest BCUT2D eigenvalue weighted by molar-refractivity contribution is 7.99. The van der Waals surface area contributed by atoms with Crippen molar-refractivity contribution in [3.8, 4) is 0 Å². The molecule has 0 atom stereocenters. The van der Waals surface area contributed by atoms with Gasteiger partial charge in [-0.2, -0.15) is 0 Å². The molecule has 0 spiro atoms. The smallest absolute Gasteiger partial charge is 0.220 e. The van der Waals surface area contributed by atoms with Crippen molar-refractivity contribution >= 4 is 28.7 Å². The quantitative estimate of drug-likeness (QED) is 0.485. The maximum atomic E-state index is 11.8. The number of carbonyl (C=O) groups excluding carboxylic acids is 1. The number of thioether (sulfide) groups is 1. The molecule has 124 valence electrons. The molecule has 1 heterocycles. The molecule has 1 aromatic heterocycles. The van der Waals surface area contributed by atoms with E-state index >= 15 is 0 Å². The molecule has 0 saturated heterocycles. The standard InChI is InChI=1S/C19H21N3OS/c23-19(12-14-24-15-7-2-1-3-8-15)20-13-6-11-18-21-16-9-4-5-10-17(16)22-18/h1-5,7-10H,6,11-14H2,(H,20,23)(H,21,22). The fraction of sp³-hybridized carbons (Fsp3) is 0.263. The molecule has 0 aliphatic carbocycles. The minimum absolute atomic E-state index is 0.114. The van der Waals surface area contributed by atoms with Crippen molar-refractivity contribution in [1.29, 1.82) is 0 Å². The monoisotopic (exact) mass is 339 g/mol. The molecule has 0 bridgehead atoms. The number of imidazole rings is 1. The Morgan fingerprint density at radius 1 is 1.08 bits per heavy atom. The van der Waals surface area contributed by atoms with Gasteiger partial charge < -0.3 is 10.3 Å². The Morgan fingerprint density at radius 3 is 2.71 bits per heavy atom. The summed E-state index contributed by atoms with van der Waals surface area (Å²) in [5.74, 6) is 1.90. The molecule has 2 aromatic carbocycles. The van der Waals surface area contributed by atoms with Crippen molar-refractivity contribution in [2.24, 2.45) is 0 Å². The van der Waals surface area contributed by atoms with Crippen molar-refractivity contribution in [2.45, 2.75) is 24.2 Å². The minimum Gasteiger partial charge on any atom is -0.356 e. The first-order valence-corrected chi connectivity index (χ1v) is 9.18. The number of benzene rings is 2. The van der Waals surface area contributed by atoms with E-state index in [1.807, 2.05) is 42.5 Å². The number of nitrogens with one attached hydrogen (secondary N) is 2. The van der Waals surface area contributed by atoms with E-state index in [-0.39, 0.29) is 5.91 Å². The lowest BCUT2D eigenvalue weighted by Gasteiger charge is -2.04. The normalized spacial score (nSPS) is 10.8. The number of aromatic amines is 1. The van der Waals surface area contributed by atoms with Gasteiger partial charge in [-0.3, -0.25) is 4.79 Å². The molecule has 4 nitrogen and oxygen atoms in total. The second kappa shape index (κ2) is 8.55. The van der Waals surface area contributed by atoms with Gasteiger partial charge in [0.1, 0.15) is 5.82 Å². The van der Waals surface area contributed by atoms with E-state index in [2.05, 4.69) is 27.4 Å². The Kier molecular flexibility index (Phi) is 5.90. The minimum atomic E-state index is 0.114. The van der Waals surface area contributed by atoms with Gasteiger partial charge in [-0.1, -0.05) is 30.3 Å². The van der Waals surface area contributed by atoms with Gasteiger partial charge in [-0.15, -0.1) is 11.8 Å². The Bertz CT molecular complexity index is 752. The second-order valence-corrected chi connectivity index (χ2v) is 6.73. The number of aryl methyl sites for hydroxylation is 1. The van der Waals surface area contributed by atoms with Crippen LogP contribution < -0.4 is 5.32 Å². The Hall–Kier alpha value is -2.27. The average molecular weight is 339 g/mol. The van der Waals surface area contributed by atoms with E-state index in [1.165, 1.54) is 4.90 Å². The number of nitrogens with zero attached hydrogens (tertiary/aromatic N) is 1. The first-order valence-electron chi connectivity index (χ1n) is 8.19. The molecule has 3 aromatic rings. The summed E-state index contributed by atoms with van der Waals surface area (Å²) in [6.45, 7) is 0.686. The summed E-state index contributed by atoms with van der Waals surface area (Å²) in [5.41, 5.74) is 2.06. The topological polar surface area (TPSA) is 57.8 Å². The largest absolute Gasteiger partial charge is 0.356 e. The van der Waals surface area contributed by atoms with Crippen molar-refractivity contribution in [3.05, 3.63) is 60.4 Å². The van der Waals surface area contributed by atoms with Crippen LogP contribution in [-0.2, 0) is 11.2 Å². The summed E-state index contributed by atoms with van der Waals surface area (Å²) < 4.78 is 0. The van der Waals surface area contributed by atoms with Crippen LogP contribution in [0.4, 0.5) is 0 Å². The van der Waals surface area contributed by atoms with Crippen LogP contribution in [0.2, 0.25) is 0 Å². The summed E-state index contributed by atoms with van der Waals surface area (Å²) in [6.07, 6.45) is 2.27. The highest BCUT2D eigenvalue weighted by Crippen LogP contribution is 2.17. The molecule has 0 radical (unpaired) electrons. The summed E-state index contributed by atoms with van der Waals surface area (Å²) in [5, 5.41) is 2.98. The summed E-state index contributed by atoms with van der Waals surface area (Å²) in [4.78, 5) is 20.9. The van der Waals surface area contributed by atoms with Gasteiger partial charge in [0.2, 0.25) is 5.91 Å². The van der Waals surface area contributed by atoms with Gasteiger partial charge in [0.05, 0.1) is 11.0 Å². The first-order chi connectivity index (χ1) is 11.8. The van der Waals surface area contributed by atoms with E-state index in [0.29, 0.717) is 13.0 Å². The molecule has 0 aliphatic heterocycles. The van der Waals surface area contributed by atoms with Crippen LogP contribution in [0, 0.1) is 0 Å². The number of fused-ring (bicyclic) bond motifs is 1. The zero-order chi connectivity index (χ0) is 16.6. The number of amides is 1. The molecule has 0 fully saturated rings. The van der Waals surface area contributed by atoms with Gasteiger partial charge in [-0.25, -0.2) is 4.98 Å². The molecule has 2 N–H and O–H groups in total. The second-order valence-electron chi connectivity index (χ2n) is 5.57. The highest BCUT2D eigenvalue weighted by Gasteiger charge is 2.04. The molecular weight excluding hydrogens is 318 g/mol. The highest BCUT2D eigenvalue weighted by atomic mass is 32.2. The van der Waals surface area contributed by atoms with E-state index in [0.717, 1.165) is 35.5 Å².